The quantitative estimate of drug-likeness (QED) is 0.889. The summed E-state index contributed by atoms with van der Waals surface area (Å²) in [6.07, 6.45) is 5.45. The van der Waals surface area contributed by atoms with Crippen LogP contribution >= 0.6 is 0 Å². The molecule has 1 aromatic rings. The van der Waals surface area contributed by atoms with E-state index in [2.05, 4.69) is 15.5 Å². The summed E-state index contributed by atoms with van der Waals surface area (Å²) in [5.41, 5.74) is 1.95. The van der Waals surface area contributed by atoms with Gasteiger partial charge in [0, 0.05) is 24.5 Å². The van der Waals surface area contributed by atoms with Gasteiger partial charge in [0.1, 0.15) is 0 Å². The average molecular weight is 342 g/mol. The van der Waals surface area contributed by atoms with Crippen molar-refractivity contribution in [1.82, 2.24) is 15.2 Å². The zero-order valence-corrected chi connectivity index (χ0v) is 14.3. The van der Waals surface area contributed by atoms with Crippen LogP contribution in [-0.4, -0.2) is 52.6 Å². The minimum Gasteiger partial charge on any atom is -0.389 e. The lowest BCUT2D eigenvalue weighted by Gasteiger charge is -2.26. The molecule has 0 spiro atoms. The molecule has 1 aliphatic carbocycles. The minimum atomic E-state index is -0.228. The number of fused-ring (bicyclic) bond motifs is 1. The van der Waals surface area contributed by atoms with Gasteiger partial charge in [-0.25, -0.2) is 0 Å². The van der Waals surface area contributed by atoms with Gasteiger partial charge in [0.25, 0.3) is 11.8 Å². The van der Waals surface area contributed by atoms with Gasteiger partial charge in [-0.05, 0) is 37.8 Å². The second-order valence-electron chi connectivity index (χ2n) is 6.93. The van der Waals surface area contributed by atoms with E-state index in [-0.39, 0.29) is 29.9 Å². The molecular formula is C18H22N4O3. The summed E-state index contributed by atoms with van der Waals surface area (Å²) in [5, 5.41) is 6.97. The van der Waals surface area contributed by atoms with Crippen molar-refractivity contribution >= 4 is 17.5 Å². The zero-order valence-electron chi connectivity index (χ0n) is 14.3. The Balaban J connectivity index is 1.41. The lowest BCUT2D eigenvalue weighted by molar-refractivity contribution is -0.116. The lowest BCUT2D eigenvalue weighted by atomic mass is 9.92. The molecule has 0 unspecified atom stereocenters. The van der Waals surface area contributed by atoms with Crippen molar-refractivity contribution in [3.8, 4) is 0 Å². The molecule has 7 nitrogen and oxygen atoms in total. The maximum absolute atomic E-state index is 12.7. The molecule has 0 bridgehead atoms. The summed E-state index contributed by atoms with van der Waals surface area (Å²) in [4.78, 5) is 36.5. The molecule has 3 heterocycles. The number of likely N-dealkylation sites (tertiary alicyclic amines) is 1. The Labute approximate surface area is 146 Å². The number of aryl methyl sites for hydroxylation is 1. The van der Waals surface area contributed by atoms with E-state index in [4.69, 9.17) is 4.84 Å². The Morgan fingerprint density at radius 1 is 1.32 bits per heavy atom. The predicted octanol–water partition coefficient (Wildman–Crippen LogP) is 1.14. The second kappa shape index (κ2) is 6.46. The smallest absolute Gasteiger partial charge is 0.269 e. The number of nitrogens with zero attached hydrogens (tertiary/aromatic N) is 3. The number of pyridine rings is 1. The molecule has 7 heteroatoms. The Morgan fingerprint density at radius 2 is 2.16 bits per heavy atom. The van der Waals surface area contributed by atoms with Crippen LogP contribution < -0.4 is 5.32 Å². The molecule has 4 rings (SSSR count). The van der Waals surface area contributed by atoms with Gasteiger partial charge in [-0.2, -0.15) is 0 Å². The van der Waals surface area contributed by atoms with Gasteiger partial charge < -0.3 is 15.1 Å². The summed E-state index contributed by atoms with van der Waals surface area (Å²) in [7, 11) is 0. The number of carbonyl (C=O) groups excluding carboxylic acids is 2. The summed E-state index contributed by atoms with van der Waals surface area (Å²) in [5.74, 6) is -0.376. The van der Waals surface area contributed by atoms with Crippen LogP contribution in [-0.2, 0) is 16.1 Å². The number of aromatic nitrogens is 1. The van der Waals surface area contributed by atoms with Crippen LogP contribution in [0.25, 0.3) is 0 Å². The first kappa shape index (κ1) is 16.1. The molecule has 1 saturated carbocycles. The Morgan fingerprint density at radius 3 is 2.80 bits per heavy atom. The first-order valence-electron chi connectivity index (χ1n) is 8.94. The summed E-state index contributed by atoms with van der Waals surface area (Å²) >= 11 is 0. The monoisotopic (exact) mass is 342 g/mol. The van der Waals surface area contributed by atoms with Crippen LogP contribution in [0.4, 0.5) is 0 Å². The van der Waals surface area contributed by atoms with Gasteiger partial charge >= 0.3 is 0 Å². The van der Waals surface area contributed by atoms with E-state index in [1.807, 2.05) is 13.0 Å². The zero-order chi connectivity index (χ0) is 17.4. The highest BCUT2D eigenvalue weighted by Crippen LogP contribution is 2.29. The fourth-order valence-electron chi connectivity index (χ4n) is 3.47. The highest BCUT2D eigenvalue weighted by molar-refractivity contribution is 6.40. The normalized spacial score (nSPS) is 25.0. The van der Waals surface area contributed by atoms with E-state index in [1.165, 1.54) is 0 Å². The Hall–Kier alpha value is -2.44. The molecule has 25 heavy (non-hydrogen) atoms. The highest BCUT2D eigenvalue weighted by Gasteiger charge is 2.46. The topological polar surface area (TPSA) is 83.9 Å². The van der Waals surface area contributed by atoms with E-state index < -0.39 is 0 Å². The van der Waals surface area contributed by atoms with Crippen LogP contribution in [0.3, 0.4) is 0 Å². The Bertz CT molecular complexity index is 712. The van der Waals surface area contributed by atoms with Crippen LogP contribution in [0.1, 0.15) is 42.2 Å². The van der Waals surface area contributed by atoms with Crippen molar-refractivity contribution in [2.45, 2.75) is 44.8 Å². The molecule has 1 aromatic heterocycles. The number of hydrogen-bond donors (Lipinski definition) is 1. The molecule has 2 amide bonds. The predicted molar refractivity (Wildman–Crippen MR) is 91.1 cm³/mol. The van der Waals surface area contributed by atoms with Crippen molar-refractivity contribution in [3.05, 3.63) is 29.6 Å². The Kier molecular flexibility index (Phi) is 4.15. The molecule has 2 aliphatic heterocycles. The fraction of sp³-hybridized carbons (Fsp3) is 0.556. The SMILES string of the molecule is CCc1ccc(C(=O)N2C[C@@H]3C(C(=O)NC4CCC4)=NO[C@@H]3C2)cn1. The van der Waals surface area contributed by atoms with Gasteiger partial charge in [0.2, 0.25) is 0 Å². The third kappa shape index (κ3) is 2.99. The van der Waals surface area contributed by atoms with E-state index in [0.717, 1.165) is 31.4 Å². The van der Waals surface area contributed by atoms with Crippen molar-refractivity contribution in [3.63, 3.8) is 0 Å². The standard InChI is InChI=1S/C18H22N4O3/c1-2-12-7-6-11(8-19-12)18(24)22-9-14-15(10-22)25-21-16(14)17(23)20-13-4-3-5-13/h6-8,13-15H,2-5,9-10H2,1H3,(H,20,23)/t14-,15+/m0/s1. The van der Waals surface area contributed by atoms with E-state index in [9.17, 15) is 9.59 Å². The molecule has 0 aromatic carbocycles. The molecule has 2 fully saturated rings. The lowest BCUT2D eigenvalue weighted by Crippen LogP contribution is -2.45. The minimum absolute atomic E-state index is 0.0769. The summed E-state index contributed by atoms with van der Waals surface area (Å²) in [6, 6.07) is 3.94. The molecule has 0 radical (unpaired) electrons. The number of amides is 2. The van der Waals surface area contributed by atoms with Crippen molar-refractivity contribution in [1.29, 1.82) is 0 Å². The molecule has 2 atom stereocenters. The van der Waals surface area contributed by atoms with Crippen LogP contribution in [0.2, 0.25) is 0 Å². The second-order valence-corrected chi connectivity index (χ2v) is 6.93. The first-order valence-corrected chi connectivity index (χ1v) is 8.94. The first-order chi connectivity index (χ1) is 12.2. The fourth-order valence-corrected chi connectivity index (χ4v) is 3.47. The average Bonchev–Trinajstić information content (AvgIpc) is 3.18. The maximum atomic E-state index is 12.7. The van der Waals surface area contributed by atoms with E-state index in [1.54, 1.807) is 17.2 Å². The largest absolute Gasteiger partial charge is 0.389 e. The van der Waals surface area contributed by atoms with Crippen molar-refractivity contribution in [2.75, 3.05) is 13.1 Å². The van der Waals surface area contributed by atoms with Crippen LogP contribution in [0, 0.1) is 5.92 Å². The third-order valence-electron chi connectivity index (χ3n) is 5.30. The summed E-state index contributed by atoms with van der Waals surface area (Å²) in [6.45, 7) is 2.93. The molecule has 132 valence electrons. The molecule has 1 saturated heterocycles. The van der Waals surface area contributed by atoms with Gasteiger partial charge in [-0.1, -0.05) is 12.1 Å². The van der Waals surface area contributed by atoms with Crippen molar-refractivity contribution < 1.29 is 14.4 Å². The van der Waals surface area contributed by atoms with Gasteiger partial charge in [0.15, 0.2) is 11.8 Å². The number of oxime groups is 1. The summed E-state index contributed by atoms with van der Waals surface area (Å²) < 4.78 is 0. The molecular weight excluding hydrogens is 320 g/mol. The number of nitrogens with one attached hydrogen (secondary N) is 1. The van der Waals surface area contributed by atoms with Gasteiger partial charge in [-0.15, -0.1) is 0 Å². The van der Waals surface area contributed by atoms with E-state index in [0.29, 0.717) is 24.4 Å². The van der Waals surface area contributed by atoms with Gasteiger partial charge in [0.05, 0.1) is 18.0 Å². The number of rotatable bonds is 4. The van der Waals surface area contributed by atoms with Crippen molar-refractivity contribution in [2.24, 2.45) is 11.1 Å². The van der Waals surface area contributed by atoms with E-state index >= 15 is 0 Å². The number of carbonyl (C=O) groups is 2. The molecule has 1 N–H and O–H groups in total. The van der Waals surface area contributed by atoms with Crippen LogP contribution in [0.15, 0.2) is 23.5 Å². The maximum Gasteiger partial charge on any atom is 0.269 e. The third-order valence-corrected chi connectivity index (χ3v) is 5.30. The van der Waals surface area contributed by atoms with Crippen LogP contribution in [0.5, 0.6) is 0 Å². The van der Waals surface area contributed by atoms with Gasteiger partial charge in [-0.3, -0.25) is 14.6 Å². The molecule has 3 aliphatic rings. The number of hydrogen-bond acceptors (Lipinski definition) is 5. The highest BCUT2D eigenvalue weighted by atomic mass is 16.6.